The van der Waals surface area contributed by atoms with E-state index in [0.717, 1.165) is 0 Å². The van der Waals surface area contributed by atoms with Gasteiger partial charge in [0.2, 0.25) is 5.91 Å². The summed E-state index contributed by atoms with van der Waals surface area (Å²) in [5.74, 6) is -0.312. The monoisotopic (exact) mass is 286 g/mol. The van der Waals surface area contributed by atoms with Gasteiger partial charge in [0, 0.05) is 20.1 Å². The highest BCUT2D eigenvalue weighted by molar-refractivity contribution is 7.12. The lowest BCUT2D eigenvalue weighted by molar-refractivity contribution is -0.134. The van der Waals surface area contributed by atoms with Gasteiger partial charge < -0.3 is 10.1 Å². The molecule has 7 heteroatoms. The van der Waals surface area contributed by atoms with E-state index in [9.17, 15) is 9.59 Å². The Bertz CT molecular complexity index is 381. The Labute approximate surface area is 116 Å². The van der Waals surface area contributed by atoms with Gasteiger partial charge in [-0.15, -0.1) is 11.3 Å². The van der Waals surface area contributed by atoms with Crippen molar-refractivity contribution in [2.45, 2.75) is 12.8 Å². The lowest BCUT2D eigenvalue weighted by Crippen LogP contribution is -2.28. The minimum Gasteiger partial charge on any atom is -0.382 e. The van der Waals surface area contributed by atoms with Crippen molar-refractivity contribution < 1.29 is 19.2 Å². The first-order valence-electron chi connectivity index (χ1n) is 5.95. The molecule has 1 rings (SSSR count). The molecule has 106 valence electrons. The van der Waals surface area contributed by atoms with Gasteiger partial charge in [-0.3, -0.25) is 14.4 Å². The predicted octanol–water partition coefficient (Wildman–Crippen LogP) is 0.952. The summed E-state index contributed by atoms with van der Waals surface area (Å²) in [7, 11) is 1.56. The highest BCUT2D eigenvalue weighted by atomic mass is 32.1. The summed E-state index contributed by atoms with van der Waals surface area (Å²) in [5, 5.41) is 4.59. The van der Waals surface area contributed by atoms with E-state index in [2.05, 4.69) is 10.8 Å². The largest absolute Gasteiger partial charge is 0.382 e. The normalized spacial score (nSPS) is 10.2. The van der Waals surface area contributed by atoms with E-state index >= 15 is 0 Å². The Hall–Kier alpha value is -1.44. The maximum Gasteiger partial charge on any atom is 0.261 e. The van der Waals surface area contributed by atoms with Crippen LogP contribution in [0.3, 0.4) is 0 Å². The Kier molecular flexibility index (Phi) is 7.80. The molecule has 0 radical (unpaired) electrons. The maximum absolute atomic E-state index is 11.6. The zero-order valence-corrected chi connectivity index (χ0v) is 11.6. The average molecular weight is 286 g/mol. The van der Waals surface area contributed by atoms with Crippen LogP contribution >= 0.6 is 11.3 Å². The highest BCUT2D eigenvalue weighted by Crippen LogP contribution is 2.07. The number of rotatable bonds is 9. The van der Waals surface area contributed by atoms with Crippen LogP contribution in [0.5, 0.6) is 0 Å². The van der Waals surface area contributed by atoms with Crippen molar-refractivity contribution in [1.82, 2.24) is 10.8 Å². The van der Waals surface area contributed by atoms with Crippen molar-refractivity contribution in [3.05, 3.63) is 22.4 Å². The fourth-order valence-electron chi connectivity index (χ4n) is 1.25. The van der Waals surface area contributed by atoms with Gasteiger partial charge in [-0.1, -0.05) is 6.07 Å². The molecule has 19 heavy (non-hydrogen) atoms. The molecule has 0 bridgehead atoms. The third-order valence-electron chi connectivity index (χ3n) is 2.19. The zero-order chi connectivity index (χ0) is 13.9. The van der Waals surface area contributed by atoms with Crippen molar-refractivity contribution in [2.24, 2.45) is 0 Å². The molecule has 0 unspecified atom stereocenters. The number of methoxy groups -OCH3 is 1. The SMILES string of the molecule is COCCONC(=O)CCCNC(=O)c1cccs1. The molecule has 0 saturated carbocycles. The van der Waals surface area contributed by atoms with Crippen LogP contribution in [0.25, 0.3) is 0 Å². The molecule has 0 atom stereocenters. The van der Waals surface area contributed by atoms with Crippen molar-refractivity contribution in [2.75, 3.05) is 26.9 Å². The van der Waals surface area contributed by atoms with Crippen LogP contribution in [0, 0.1) is 0 Å². The molecule has 2 N–H and O–H groups in total. The molecule has 1 heterocycles. The number of thiophene rings is 1. The van der Waals surface area contributed by atoms with Crippen LogP contribution in [0.1, 0.15) is 22.5 Å². The maximum atomic E-state index is 11.6. The number of ether oxygens (including phenoxy) is 1. The summed E-state index contributed by atoms with van der Waals surface area (Å²) in [4.78, 5) is 28.4. The second kappa shape index (κ2) is 9.48. The molecular formula is C12H18N2O4S. The minimum absolute atomic E-state index is 0.105. The second-order valence-corrected chi connectivity index (χ2v) is 4.65. The van der Waals surface area contributed by atoms with Gasteiger partial charge in [-0.05, 0) is 17.9 Å². The number of hydrogen-bond acceptors (Lipinski definition) is 5. The molecule has 0 fully saturated rings. The van der Waals surface area contributed by atoms with E-state index in [4.69, 9.17) is 9.57 Å². The molecule has 0 aliphatic rings. The van der Waals surface area contributed by atoms with Gasteiger partial charge >= 0.3 is 0 Å². The molecule has 0 spiro atoms. The Morgan fingerprint density at radius 3 is 2.89 bits per heavy atom. The predicted molar refractivity (Wildman–Crippen MR) is 71.9 cm³/mol. The molecule has 6 nitrogen and oxygen atoms in total. The van der Waals surface area contributed by atoms with Crippen molar-refractivity contribution >= 4 is 23.2 Å². The molecule has 2 amide bonds. The van der Waals surface area contributed by atoms with Crippen LogP contribution < -0.4 is 10.8 Å². The first kappa shape index (κ1) is 15.6. The number of amides is 2. The van der Waals surface area contributed by atoms with Crippen LogP contribution in [0.2, 0.25) is 0 Å². The lowest BCUT2D eigenvalue weighted by Gasteiger charge is -2.06. The fourth-order valence-corrected chi connectivity index (χ4v) is 1.89. The molecule has 1 aromatic rings. The van der Waals surface area contributed by atoms with Gasteiger partial charge in [-0.2, -0.15) is 0 Å². The van der Waals surface area contributed by atoms with Gasteiger partial charge in [0.15, 0.2) is 0 Å². The minimum atomic E-state index is -0.207. The van der Waals surface area contributed by atoms with Crippen LogP contribution in [-0.2, 0) is 14.4 Å². The van der Waals surface area contributed by atoms with Gasteiger partial charge in [0.1, 0.15) is 0 Å². The van der Waals surface area contributed by atoms with E-state index < -0.39 is 0 Å². The molecular weight excluding hydrogens is 268 g/mol. The van der Waals surface area contributed by atoms with E-state index in [-0.39, 0.29) is 11.8 Å². The Morgan fingerprint density at radius 2 is 2.21 bits per heavy atom. The first-order valence-corrected chi connectivity index (χ1v) is 6.83. The van der Waals surface area contributed by atoms with Crippen molar-refractivity contribution in [3.8, 4) is 0 Å². The first-order chi connectivity index (χ1) is 9.24. The van der Waals surface area contributed by atoms with Gasteiger partial charge in [0.05, 0.1) is 18.1 Å². The van der Waals surface area contributed by atoms with Crippen molar-refractivity contribution in [1.29, 1.82) is 0 Å². The summed E-state index contributed by atoms with van der Waals surface area (Å²) >= 11 is 1.39. The van der Waals surface area contributed by atoms with E-state index in [1.165, 1.54) is 11.3 Å². The quantitative estimate of drug-likeness (QED) is 0.523. The molecule has 0 aliphatic carbocycles. The second-order valence-electron chi connectivity index (χ2n) is 3.70. The standard InChI is InChI=1S/C12H18N2O4S/c1-17-7-8-18-14-11(15)5-2-6-13-12(16)10-4-3-9-19-10/h3-4,9H,2,5-8H2,1H3,(H,13,16)(H,14,15). The van der Waals surface area contributed by atoms with Crippen LogP contribution in [0.4, 0.5) is 0 Å². The van der Waals surface area contributed by atoms with E-state index in [1.54, 1.807) is 13.2 Å². The summed E-state index contributed by atoms with van der Waals surface area (Å²) in [6, 6.07) is 3.58. The number of hydrogen-bond donors (Lipinski definition) is 2. The van der Waals surface area contributed by atoms with Gasteiger partial charge in [-0.25, -0.2) is 5.48 Å². The fraction of sp³-hybridized carbons (Fsp3) is 0.500. The molecule has 0 aliphatic heterocycles. The average Bonchev–Trinajstić information content (AvgIpc) is 2.93. The van der Waals surface area contributed by atoms with E-state index in [1.807, 2.05) is 11.4 Å². The Balaban J connectivity index is 2.01. The Morgan fingerprint density at radius 1 is 1.37 bits per heavy atom. The topological polar surface area (TPSA) is 76.7 Å². The third-order valence-corrected chi connectivity index (χ3v) is 3.06. The molecule has 1 aromatic heterocycles. The molecule has 0 aromatic carbocycles. The smallest absolute Gasteiger partial charge is 0.261 e. The van der Waals surface area contributed by atoms with Gasteiger partial charge in [0.25, 0.3) is 5.91 Å². The molecule has 0 saturated heterocycles. The number of nitrogens with one attached hydrogen (secondary N) is 2. The summed E-state index contributed by atoms with van der Waals surface area (Å²) in [5.41, 5.74) is 2.30. The number of hydroxylamine groups is 1. The highest BCUT2D eigenvalue weighted by Gasteiger charge is 2.06. The van der Waals surface area contributed by atoms with Crippen LogP contribution in [0.15, 0.2) is 17.5 Å². The van der Waals surface area contributed by atoms with Crippen LogP contribution in [-0.4, -0.2) is 38.7 Å². The summed E-state index contributed by atoms with van der Waals surface area (Å²) in [6.07, 6.45) is 0.869. The summed E-state index contributed by atoms with van der Waals surface area (Å²) in [6.45, 7) is 1.21. The zero-order valence-electron chi connectivity index (χ0n) is 10.8. The summed E-state index contributed by atoms with van der Waals surface area (Å²) < 4.78 is 4.76. The van der Waals surface area contributed by atoms with E-state index in [0.29, 0.717) is 37.5 Å². The number of carbonyl (C=O) groups is 2. The lowest BCUT2D eigenvalue weighted by atomic mass is 10.3. The van der Waals surface area contributed by atoms with Crippen molar-refractivity contribution in [3.63, 3.8) is 0 Å². The third kappa shape index (κ3) is 6.90. The number of carbonyl (C=O) groups excluding carboxylic acids is 2.